The first-order chi connectivity index (χ1) is 22.0. The quantitative estimate of drug-likeness (QED) is 0.260. The predicted octanol–water partition coefficient (Wildman–Crippen LogP) is 3.81. The van der Waals surface area contributed by atoms with Crippen LogP contribution in [0.4, 0.5) is 15.9 Å². The number of halogens is 1. The van der Waals surface area contributed by atoms with Gasteiger partial charge in [-0.1, -0.05) is 57.2 Å². The van der Waals surface area contributed by atoms with Gasteiger partial charge in [0.05, 0.1) is 11.9 Å². The zero-order chi connectivity index (χ0) is 33.4. The summed E-state index contributed by atoms with van der Waals surface area (Å²) >= 11 is 0. The number of piperazine rings is 1. The molecule has 1 aliphatic heterocycles. The lowest BCUT2D eigenvalue weighted by Crippen LogP contribution is -2.55. The number of hydrogen-bond acceptors (Lipinski definition) is 6. The summed E-state index contributed by atoms with van der Waals surface area (Å²) < 4.78 is 17.2. The molecule has 4 atom stereocenters. The van der Waals surface area contributed by atoms with Crippen molar-refractivity contribution in [1.82, 2.24) is 24.9 Å². The number of aryl methyl sites for hydroxylation is 1. The molecule has 1 aromatic heterocycles. The molecule has 2 aromatic carbocycles. The summed E-state index contributed by atoms with van der Waals surface area (Å²) in [6.45, 7) is 10.2. The van der Waals surface area contributed by atoms with Gasteiger partial charge in [-0.3, -0.25) is 19.2 Å². The number of carbonyl (C=O) groups is 4. The minimum atomic E-state index is -1.20. The zero-order valence-corrected chi connectivity index (χ0v) is 27.1. The number of nitrogens with zero attached hydrogens (tertiary/aromatic N) is 4. The standard InChI is InChI=1S/C34H44FN7O4/c1-6-29(43)39-31(34(46)41-19-17-40(5)18-20-41)23(4)25-13-14-27(26(35)21-25)37-32(44)30(22(3)24-11-9-8-10-12-24)33(45)38-28-15-16-36-42(28)7-2/h8-16,21-23,30-31H,6-7,17-20H2,1-5H3,(H,37,44)(H,38,45)(H,39,43)/t22-,23-,30-,31+/m0/s1. The highest BCUT2D eigenvalue weighted by atomic mass is 19.1. The number of rotatable bonds is 12. The Morgan fingerprint density at radius 3 is 2.17 bits per heavy atom. The summed E-state index contributed by atoms with van der Waals surface area (Å²) in [4.78, 5) is 57.1. The normalized spacial score (nSPS) is 16.2. The topological polar surface area (TPSA) is 129 Å². The van der Waals surface area contributed by atoms with Crippen LogP contribution in [0.5, 0.6) is 0 Å². The van der Waals surface area contributed by atoms with Crippen LogP contribution >= 0.6 is 0 Å². The van der Waals surface area contributed by atoms with Crippen molar-refractivity contribution in [3.05, 3.63) is 77.7 Å². The molecule has 11 nitrogen and oxygen atoms in total. The smallest absolute Gasteiger partial charge is 0.245 e. The van der Waals surface area contributed by atoms with Crippen molar-refractivity contribution in [2.75, 3.05) is 43.9 Å². The van der Waals surface area contributed by atoms with Gasteiger partial charge in [-0.15, -0.1) is 0 Å². The van der Waals surface area contributed by atoms with Crippen molar-refractivity contribution in [2.45, 2.75) is 58.5 Å². The monoisotopic (exact) mass is 633 g/mol. The van der Waals surface area contributed by atoms with Crippen LogP contribution in [0, 0.1) is 11.7 Å². The van der Waals surface area contributed by atoms with Crippen molar-refractivity contribution in [3.8, 4) is 0 Å². The number of aromatic nitrogens is 2. The van der Waals surface area contributed by atoms with E-state index in [1.54, 1.807) is 48.7 Å². The zero-order valence-electron chi connectivity index (χ0n) is 27.1. The van der Waals surface area contributed by atoms with Gasteiger partial charge in [-0.05, 0) is 37.2 Å². The van der Waals surface area contributed by atoms with E-state index in [0.29, 0.717) is 31.0 Å². The Balaban J connectivity index is 1.56. The van der Waals surface area contributed by atoms with E-state index in [0.717, 1.165) is 18.7 Å². The fourth-order valence-electron chi connectivity index (χ4n) is 5.64. The van der Waals surface area contributed by atoms with Crippen LogP contribution in [-0.4, -0.2) is 82.5 Å². The van der Waals surface area contributed by atoms with Crippen LogP contribution in [0.15, 0.2) is 60.8 Å². The van der Waals surface area contributed by atoms with Gasteiger partial charge < -0.3 is 25.8 Å². The second-order valence-corrected chi connectivity index (χ2v) is 11.7. The minimum absolute atomic E-state index is 0.0999. The predicted molar refractivity (Wildman–Crippen MR) is 175 cm³/mol. The average Bonchev–Trinajstić information content (AvgIpc) is 3.51. The highest BCUT2D eigenvalue weighted by Gasteiger charge is 2.35. The fraction of sp³-hybridized carbons (Fsp3) is 0.441. The third kappa shape index (κ3) is 8.16. The summed E-state index contributed by atoms with van der Waals surface area (Å²) in [5, 5.41) is 12.4. The fourth-order valence-corrected chi connectivity index (χ4v) is 5.64. The molecule has 2 heterocycles. The Kier molecular flexibility index (Phi) is 11.6. The minimum Gasteiger partial charge on any atom is -0.344 e. The van der Waals surface area contributed by atoms with Gasteiger partial charge in [0.25, 0.3) is 0 Å². The van der Waals surface area contributed by atoms with E-state index in [2.05, 4.69) is 25.9 Å². The first kappa shape index (κ1) is 34.3. The summed E-state index contributed by atoms with van der Waals surface area (Å²) in [5.41, 5.74) is 1.16. The lowest BCUT2D eigenvalue weighted by atomic mass is 9.86. The van der Waals surface area contributed by atoms with Gasteiger partial charge in [-0.25, -0.2) is 9.07 Å². The van der Waals surface area contributed by atoms with E-state index < -0.39 is 41.4 Å². The molecule has 246 valence electrons. The van der Waals surface area contributed by atoms with Crippen LogP contribution < -0.4 is 16.0 Å². The van der Waals surface area contributed by atoms with E-state index in [1.807, 2.05) is 44.3 Å². The number of nitrogens with one attached hydrogen (secondary N) is 3. The van der Waals surface area contributed by atoms with Crippen molar-refractivity contribution in [3.63, 3.8) is 0 Å². The van der Waals surface area contributed by atoms with Gasteiger partial charge >= 0.3 is 0 Å². The van der Waals surface area contributed by atoms with E-state index in [4.69, 9.17) is 0 Å². The van der Waals surface area contributed by atoms with Crippen molar-refractivity contribution < 1.29 is 23.6 Å². The first-order valence-electron chi connectivity index (χ1n) is 15.8. The van der Waals surface area contributed by atoms with E-state index in [-0.39, 0.29) is 23.9 Å². The summed E-state index contributed by atoms with van der Waals surface area (Å²) in [5.74, 6) is -4.27. The SMILES string of the molecule is CCC(=O)N[C@@H](C(=O)N1CCN(C)CC1)[C@@H](C)c1ccc(NC(=O)[C@@H](C(=O)Nc2ccnn2CC)[C@@H](C)c2ccccc2)c(F)c1. The molecule has 0 aliphatic carbocycles. The van der Waals surface area contributed by atoms with Crippen molar-refractivity contribution in [1.29, 1.82) is 0 Å². The lowest BCUT2D eigenvalue weighted by molar-refractivity contribution is -0.138. The molecule has 0 bridgehead atoms. The second-order valence-electron chi connectivity index (χ2n) is 11.7. The Hall–Kier alpha value is -4.58. The first-order valence-corrected chi connectivity index (χ1v) is 15.8. The average molecular weight is 634 g/mol. The molecular weight excluding hydrogens is 589 g/mol. The molecular formula is C34H44FN7O4. The highest BCUT2D eigenvalue weighted by molar-refractivity contribution is 6.11. The van der Waals surface area contributed by atoms with E-state index >= 15 is 4.39 Å². The summed E-state index contributed by atoms with van der Waals surface area (Å²) in [6.07, 6.45) is 1.76. The van der Waals surface area contributed by atoms with Gasteiger partial charge in [-0.2, -0.15) is 5.10 Å². The Labute approximate surface area is 269 Å². The number of likely N-dealkylation sites (N-methyl/N-ethyl adjacent to an activating group) is 1. The van der Waals surface area contributed by atoms with Crippen LogP contribution in [-0.2, 0) is 25.7 Å². The maximum atomic E-state index is 15.6. The number of carbonyl (C=O) groups excluding carboxylic acids is 4. The molecule has 46 heavy (non-hydrogen) atoms. The van der Waals surface area contributed by atoms with Gasteiger partial charge in [0.2, 0.25) is 23.6 Å². The number of hydrogen-bond donors (Lipinski definition) is 3. The molecule has 4 amide bonds. The van der Waals surface area contributed by atoms with Crippen molar-refractivity contribution >= 4 is 35.1 Å². The van der Waals surface area contributed by atoms with E-state index in [9.17, 15) is 19.2 Å². The number of anilines is 2. The van der Waals surface area contributed by atoms with Gasteiger partial charge in [0.15, 0.2) is 0 Å². The molecule has 1 fully saturated rings. The van der Waals surface area contributed by atoms with Crippen molar-refractivity contribution in [2.24, 2.45) is 5.92 Å². The number of benzene rings is 2. The van der Waals surface area contributed by atoms with Gasteiger partial charge in [0, 0.05) is 57.0 Å². The maximum absolute atomic E-state index is 15.6. The van der Waals surface area contributed by atoms with Gasteiger partial charge in [0.1, 0.15) is 23.6 Å². The largest absolute Gasteiger partial charge is 0.344 e. The second kappa shape index (κ2) is 15.6. The van der Waals surface area contributed by atoms with E-state index in [1.165, 1.54) is 12.1 Å². The lowest BCUT2D eigenvalue weighted by Gasteiger charge is -2.36. The third-order valence-corrected chi connectivity index (χ3v) is 8.65. The van der Waals surface area contributed by atoms with Crippen LogP contribution in [0.2, 0.25) is 0 Å². The maximum Gasteiger partial charge on any atom is 0.245 e. The molecule has 4 rings (SSSR count). The summed E-state index contributed by atoms with van der Waals surface area (Å²) in [7, 11) is 1.99. The van der Waals surface area contributed by atoms with Crippen LogP contribution in [0.1, 0.15) is 57.1 Å². The Morgan fingerprint density at radius 2 is 1.54 bits per heavy atom. The molecule has 1 aliphatic rings. The molecule has 3 aromatic rings. The molecule has 0 radical (unpaired) electrons. The molecule has 3 N–H and O–H groups in total. The molecule has 0 saturated carbocycles. The Morgan fingerprint density at radius 1 is 0.870 bits per heavy atom. The molecule has 12 heteroatoms. The molecule has 0 spiro atoms. The number of amides is 4. The van der Waals surface area contributed by atoms with Crippen LogP contribution in [0.25, 0.3) is 0 Å². The third-order valence-electron chi connectivity index (χ3n) is 8.65. The highest BCUT2D eigenvalue weighted by Crippen LogP contribution is 2.29. The molecule has 1 saturated heterocycles. The summed E-state index contributed by atoms with van der Waals surface area (Å²) in [6, 6.07) is 14.3. The Bertz CT molecular complexity index is 1520. The van der Waals surface area contributed by atoms with Crippen LogP contribution in [0.3, 0.4) is 0 Å². The molecule has 0 unspecified atom stereocenters.